The van der Waals surface area contributed by atoms with Crippen LogP contribution in [0.1, 0.15) is 43.2 Å². The first kappa shape index (κ1) is 13.1. The lowest BCUT2D eigenvalue weighted by Gasteiger charge is -2.37. The van der Waals surface area contributed by atoms with Gasteiger partial charge in [0.25, 0.3) is 0 Å². The van der Waals surface area contributed by atoms with E-state index in [1.54, 1.807) is 0 Å². The molecule has 0 unspecified atom stereocenters. The van der Waals surface area contributed by atoms with Crippen LogP contribution in [0, 0.1) is 6.92 Å². The van der Waals surface area contributed by atoms with Crippen molar-refractivity contribution in [2.45, 2.75) is 44.2 Å². The van der Waals surface area contributed by atoms with Crippen molar-refractivity contribution in [3.63, 3.8) is 0 Å². The molecule has 2 aliphatic rings. The summed E-state index contributed by atoms with van der Waals surface area (Å²) < 4.78 is 5.35. The first-order valence-electron chi connectivity index (χ1n) is 7.22. The molecule has 2 fully saturated rings. The molecule has 0 radical (unpaired) electrons. The maximum Gasteiger partial charge on any atom is 0.123 e. The zero-order valence-electron chi connectivity index (χ0n) is 11.6. The average Bonchev–Trinajstić information content (AvgIpc) is 2.98. The summed E-state index contributed by atoms with van der Waals surface area (Å²) in [5.41, 5.74) is 0.522. The first-order chi connectivity index (χ1) is 9.16. The van der Waals surface area contributed by atoms with Gasteiger partial charge in [0.1, 0.15) is 5.82 Å². The normalized spacial score (nSPS) is 27.8. The molecule has 1 atom stereocenters. The predicted octanol–water partition coefficient (Wildman–Crippen LogP) is 1.40. The summed E-state index contributed by atoms with van der Waals surface area (Å²) in [6.07, 6.45) is 5.67. The van der Waals surface area contributed by atoms with Crippen LogP contribution in [0.2, 0.25) is 0 Å². The smallest absolute Gasteiger partial charge is 0.123 e. The lowest BCUT2D eigenvalue weighted by atomic mass is 9.93. The van der Waals surface area contributed by atoms with E-state index in [1.165, 1.54) is 6.42 Å². The Hall–Kier alpha value is -0.910. The van der Waals surface area contributed by atoms with Gasteiger partial charge in [0.05, 0.1) is 11.6 Å². The van der Waals surface area contributed by atoms with Crippen LogP contribution in [0.5, 0.6) is 0 Å². The van der Waals surface area contributed by atoms with Gasteiger partial charge < -0.3 is 14.8 Å². The third-order valence-corrected chi connectivity index (χ3v) is 4.32. The average molecular weight is 265 g/mol. The minimum atomic E-state index is -0.581. The van der Waals surface area contributed by atoms with Gasteiger partial charge in [-0.2, -0.15) is 0 Å². The highest BCUT2D eigenvalue weighted by molar-refractivity contribution is 5.06. The summed E-state index contributed by atoms with van der Waals surface area (Å²) in [5.74, 6) is 1.05. The van der Waals surface area contributed by atoms with Crippen LogP contribution in [-0.2, 0) is 4.74 Å². The fraction of sp³-hybridized carbons (Fsp3) is 0.786. The van der Waals surface area contributed by atoms with Crippen LogP contribution in [0.4, 0.5) is 0 Å². The predicted molar refractivity (Wildman–Crippen MR) is 71.9 cm³/mol. The molecule has 5 heteroatoms. The molecule has 106 valence electrons. The third kappa shape index (κ3) is 2.83. The highest BCUT2D eigenvalue weighted by Crippen LogP contribution is 2.33. The Balaban J connectivity index is 1.69. The van der Waals surface area contributed by atoms with E-state index in [-0.39, 0.29) is 0 Å². The van der Waals surface area contributed by atoms with Crippen LogP contribution in [0.25, 0.3) is 0 Å². The number of imidazole rings is 1. The van der Waals surface area contributed by atoms with Gasteiger partial charge in [0.15, 0.2) is 0 Å². The molecule has 2 N–H and O–H groups in total. The second-order valence-electron chi connectivity index (χ2n) is 5.92. The highest BCUT2D eigenvalue weighted by atomic mass is 16.5. The van der Waals surface area contributed by atoms with Gasteiger partial charge in [-0.25, -0.2) is 4.98 Å². The van der Waals surface area contributed by atoms with Gasteiger partial charge in [-0.3, -0.25) is 4.90 Å². The monoisotopic (exact) mass is 265 g/mol. The molecule has 0 aromatic carbocycles. The molecular weight excluding hydrogens is 242 g/mol. The summed E-state index contributed by atoms with van der Waals surface area (Å²) >= 11 is 0. The maximum atomic E-state index is 10.6. The Bertz CT molecular complexity index is 426. The van der Waals surface area contributed by atoms with Gasteiger partial charge >= 0.3 is 0 Å². The number of aryl methyl sites for hydroxylation is 1. The molecule has 2 saturated heterocycles. The number of hydrogen-bond acceptors (Lipinski definition) is 4. The molecule has 0 bridgehead atoms. The quantitative estimate of drug-likeness (QED) is 0.867. The lowest BCUT2D eigenvalue weighted by Crippen LogP contribution is -2.46. The largest absolute Gasteiger partial charge is 0.388 e. The van der Waals surface area contributed by atoms with E-state index in [0.29, 0.717) is 19.3 Å². The van der Waals surface area contributed by atoms with Gasteiger partial charge in [-0.15, -0.1) is 0 Å². The van der Waals surface area contributed by atoms with E-state index in [4.69, 9.17) is 4.74 Å². The van der Waals surface area contributed by atoms with Crippen molar-refractivity contribution in [1.82, 2.24) is 14.9 Å². The number of nitrogens with zero attached hydrogens (tertiary/aromatic N) is 2. The number of H-pyrrole nitrogens is 1. The third-order valence-electron chi connectivity index (χ3n) is 4.32. The number of nitrogens with one attached hydrogen (secondary N) is 1. The molecule has 0 amide bonds. The molecule has 0 saturated carbocycles. The number of likely N-dealkylation sites (tertiary alicyclic amines) is 1. The highest BCUT2D eigenvalue weighted by Gasteiger charge is 2.37. The number of aromatic nitrogens is 2. The van der Waals surface area contributed by atoms with Gasteiger partial charge in [0.2, 0.25) is 0 Å². The summed E-state index contributed by atoms with van der Waals surface area (Å²) in [6, 6.07) is 0.334. The molecule has 2 aliphatic heterocycles. The van der Waals surface area contributed by atoms with E-state index in [2.05, 4.69) is 14.9 Å². The summed E-state index contributed by atoms with van der Waals surface area (Å²) in [6.45, 7) is 5.17. The van der Waals surface area contributed by atoms with Crippen molar-refractivity contribution >= 4 is 0 Å². The van der Waals surface area contributed by atoms with Crippen molar-refractivity contribution in [2.24, 2.45) is 0 Å². The van der Waals surface area contributed by atoms with Crippen LogP contribution in [0.3, 0.4) is 0 Å². The number of ether oxygens (including phenoxy) is 1. The van der Waals surface area contributed by atoms with Crippen molar-refractivity contribution in [2.75, 3.05) is 26.3 Å². The molecule has 3 heterocycles. The Labute approximate surface area is 114 Å². The molecule has 19 heavy (non-hydrogen) atoms. The summed E-state index contributed by atoms with van der Waals surface area (Å²) in [5, 5.41) is 10.6. The minimum absolute atomic E-state index is 0.334. The molecule has 1 aromatic rings. The zero-order valence-corrected chi connectivity index (χ0v) is 11.6. The Morgan fingerprint density at radius 3 is 3.00 bits per heavy atom. The Kier molecular flexibility index (Phi) is 3.60. The second kappa shape index (κ2) is 5.23. The summed E-state index contributed by atoms with van der Waals surface area (Å²) in [4.78, 5) is 10.2. The van der Waals surface area contributed by atoms with Crippen molar-refractivity contribution in [3.05, 3.63) is 17.7 Å². The van der Waals surface area contributed by atoms with Crippen LogP contribution < -0.4 is 0 Å². The van der Waals surface area contributed by atoms with Crippen molar-refractivity contribution < 1.29 is 9.84 Å². The van der Waals surface area contributed by atoms with Crippen molar-refractivity contribution in [1.29, 1.82) is 0 Å². The molecular formula is C14H23N3O2. The number of aliphatic hydroxyl groups is 1. The Morgan fingerprint density at radius 2 is 2.32 bits per heavy atom. The standard InChI is InChI=1S/C14H23N3O2/c1-11-9-15-13(16-11)12-3-2-6-17(12)10-14(18)4-7-19-8-5-14/h9,12,18H,2-8,10H2,1H3,(H,15,16)/t12-/m0/s1. The van der Waals surface area contributed by atoms with Gasteiger partial charge in [0, 0.05) is 44.5 Å². The van der Waals surface area contributed by atoms with Crippen molar-refractivity contribution in [3.8, 4) is 0 Å². The van der Waals surface area contributed by atoms with Crippen LogP contribution in [0.15, 0.2) is 6.20 Å². The summed E-state index contributed by atoms with van der Waals surface area (Å²) in [7, 11) is 0. The molecule has 3 rings (SSSR count). The maximum absolute atomic E-state index is 10.6. The zero-order chi connectivity index (χ0) is 13.3. The van der Waals surface area contributed by atoms with Gasteiger partial charge in [-0.05, 0) is 26.3 Å². The topological polar surface area (TPSA) is 61.4 Å². The fourth-order valence-corrected chi connectivity index (χ4v) is 3.21. The molecule has 0 spiro atoms. The van der Waals surface area contributed by atoms with Crippen LogP contribution in [-0.4, -0.2) is 51.9 Å². The van der Waals surface area contributed by atoms with E-state index in [0.717, 1.165) is 43.9 Å². The van der Waals surface area contributed by atoms with Gasteiger partial charge in [-0.1, -0.05) is 0 Å². The minimum Gasteiger partial charge on any atom is -0.388 e. The molecule has 5 nitrogen and oxygen atoms in total. The Morgan fingerprint density at radius 1 is 1.53 bits per heavy atom. The van der Waals surface area contributed by atoms with E-state index >= 15 is 0 Å². The number of β-amino-alcohol motifs (C(OH)–C–C–N with tert-alkyl or cyclic N) is 1. The van der Waals surface area contributed by atoms with E-state index in [1.807, 2.05) is 13.1 Å². The molecule has 1 aromatic heterocycles. The SMILES string of the molecule is Cc1cnc([C@@H]2CCCN2CC2(O)CCOCC2)[nH]1. The first-order valence-corrected chi connectivity index (χ1v) is 7.22. The lowest BCUT2D eigenvalue weighted by molar-refractivity contribution is -0.0818. The fourth-order valence-electron chi connectivity index (χ4n) is 3.21. The molecule has 0 aliphatic carbocycles. The number of hydrogen-bond donors (Lipinski definition) is 2. The van der Waals surface area contributed by atoms with E-state index < -0.39 is 5.60 Å². The second-order valence-corrected chi connectivity index (χ2v) is 5.92. The van der Waals surface area contributed by atoms with Crippen LogP contribution >= 0.6 is 0 Å². The number of rotatable bonds is 3. The number of aromatic amines is 1. The van der Waals surface area contributed by atoms with E-state index in [9.17, 15) is 5.11 Å².